The molecule has 0 bridgehead atoms. The van der Waals surface area contributed by atoms with Crippen LogP contribution in [0.5, 0.6) is 11.5 Å². The number of benzene rings is 2. The maximum Gasteiger partial charge on any atom is 0.262 e. The molecular formula is C24H28N2O5. The molecule has 3 rings (SSSR count). The largest absolute Gasteiger partial charge is 0.494 e. The molecule has 31 heavy (non-hydrogen) atoms. The fraction of sp³-hybridized carbons (Fsp3) is 0.375. The molecule has 0 aromatic heterocycles. The highest BCUT2D eigenvalue weighted by Gasteiger charge is 2.33. The minimum atomic E-state index is -0.785. The molecule has 2 amide bonds. The molecule has 7 heteroatoms. The van der Waals surface area contributed by atoms with Gasteiger partial charge in [-0.2, -0.15) is 0 Å². The first-order valence-electron chi connectivity index (χ1n) is 10.6. The molecule has 0 unspecified atom stereocenters. The van der Waals surface area contributed by atoms with Gasteiger partial charge in [-0.3, -0.25) is 14.4 Å². The molecule has 2 aromatic rings. The van der Waals surface area contributed by atoms with Gasteiger partial charge in [-0.15, -0.1) is 0 Å². The molecule has 0 radical (unpaired) electrons. The zero-order valence-corrected chi connectivity index (χ0v) is 17.9. The molecule has 0 saturated heterocycles. The Morgan fingerprint density at radius 1 is 1.06 bits per heavy atom. The normalized spacial score (nSPS) is 14.9. The van der Waals surface area contributed by atoms with Gasteiger partial charge < -0.3 is 19.7 Å². The summed E-state index contributed by atoms with van der Waals surface area (Å²) in [5, 5.41) is 2.81. The number of rotatable bonds is 9. The van der Waals surface area contributed by atoms with Crippen LogP contribution in [0.2, 0.25) is 0 Å². The van der Waals surface area contributed by atoms with Crippen LogP contribution in [0.4, 0.5) is 5.69 Å². The van der Waals surface area contributed by atoms with Crippen molar-refractivity contribution < 1.29 is 23.9 Å². The summed E-state index contributed by atoms with van der Waals surface area (Å²) in [5.41, 5.74) is 1.15. The van der Waals surface area contributed by atoms with E-state index in [1.807, 2.05) is 19.9 Å². The Morgan fingerprint density at radius 2 is 1.81 bits per heavy atom. The monoisotopic (exact) mass is 424 g/mol. The minimum absolute atomic E-state index is 0.0453. The Hall–Kier alpha value is -3.35. The van der Waals surface area contributed by atoms with Crippen LogP contribution in [0.25, 0.3) is 0 Å². The molecule has 164 valence electrons. The average Bonchev–Trinajstić information content (AvgIpc) is 2.80. The molecule has 1 N–H and O–H groups in total. The molecule has 1 atom stereocenters. The third-order valence-electron chi connectivity index (χ3n) is 4.97. The van der Waals surface area contributed by atoms with Crippen LogP contribution in [0.15, 0.2) is 48.5 Å². The Kier molecular flexibility index (Phi) is 7.65. The fourth-order valence-corrected chi connectivity index (χ4v) is 3.37. The SMILES string of the molecule is CCCNC(=O)[C@@H]1CN(C(=O)CCC(=O)c2ccc(OCC)cc2)c2ccccc2O1. The second kappa shape index (κ2) is 10.6. The van der Waals surface area contributed by atoms with Crippen molar-refractivity contribution in [1.82, 2.24) is 5.32 Å². The number of ketones is 1. The summed E-state index contributed by atoms with van der Waals surface area (Å²) >= 11 is 0. The maximum absolute atomic E-state index is 13.0. The number of para-hydroxylation sites is 2. The van der Waals surface area contributed by atoms with Crippen molar-refractivity contribution in [1.29, 1.82) is 0 Å². The molecule has 2 aromatic carbocycles. The lowest BCUT2D eigenvalue weighted by atomic mass is 10.1. The quantitative estimate of drug-likeness (QED) is 0.624. The van der Waals surface area contributed by atoms with Gasteiger partial charge in [0.1, 0.15) is 11.5 Å². The van der Waals surface area contributed by atoms with E-state index in [1.54, 1.807) is 47.4 Å². The third-order valence-corrected chi connectivity index (χ3v) is 4.97. The Morgan fingerprint density at radius 3 is 2.52 bits per heavy atom. The number of ether oxygens (including phenoxy) is 2. The van der Waals surface area contributed by atoms with Crippen LogP contribution in [-0.2, 0) is 9.59 Å². The molecular weight excluding hydrogens is 396 g/mol. The van der Waals surface area contributed by atoms with E-state index < -0.39 is 6.10 Å². The first-order valence-corrected chi connectivity index (χ1v) is 10.6. The summed E-state index contributed by atoms with van der Waals surface area (Å²) in [6, 6.07) is 14.0. The summed E-state index contributed by atoms with van der Waals surface area (Å²) in [6.07, 6.45) is 0.154. The lowest BCUT2D eigenvalue weighted by Gasteiger charge is -2.34. The Labute approximate surface area is 182 Å². The number of Topliss-reactive ketones (excluding diaryl/α,β-unsaturated/α-hetero) is 1. The zero-order valence-electron chi connectivity index (χ0n) is 17.9. The van der Waals surface area contributed by atoms with Crippen molar-refractivity contribution in [3.05, 3.63) is 54.1 Å². The van der Waals surface area contributed by atoms with E-state index in [1.165, 1.54) is 0 Å². The predicted molar refractivity (Wildman–Crippen MR) is 118 cm³/mol. The van der Waals surface area contributed by atoms with Crippen molar-refractivity contribution in [2.24, 2.45) is 0 Å². The van der Waals surface area contributed by atoms with Gasteiger partial charge in [0.15, 0.2) is 11.9 Å². The van der Waals surface area contributed by atoms with Crippen molar-refractivity contribution in [2.75, 3.05) is 24.6 Å². The van der Waals surface area contributed by atoms with Crippen molar-refractivity contribution in [3.8, 4) is 11.5 Å². The molecule has 1 heterocycles. The number of carbonyl (C=O) groups is 3. The van der Waals surface area contributed by atoms with Crippen LogP contribution in [0.1, 0.15) is 43.5 Å². The Balaban J connectivity index is 1.66. The van der Waals surface area contributed by atoms with E-state index >= 15 is 0 Å². The van der Waals surface area contributed by atoms with E-state index in [4.69, 9.17) is 9.47 Å². The number of fused-ring (bicyclic) bond motifs is 1. The van der Waals surface area contributed by atoms with Crippen LogP contribution < -0.4 is 19.7 Å². The van der Waals surface area contributed by atoms with Crippen LogP contribution >= 0.6 is 0 Å². The second-order valence-electron chi connectivity index (χ2n) is 7.25. The van der Waals surface area contributed by atoms with E-state index in [9.17, 15) is 14.4 Å². The number of amides is 2. The van der Waals surface area contributed by atoms with Gasteiger partial charge in [-0.25, -0.2) is 0 Å². The molecule has 0 fully saturated rings. The highest BCUT2D eigenvalue weighted by atomic mass is 16.5. The number of carbonyl (C=O) groups excluding carboxylic acids is 3. The van der Waals surface area contributed by atoms with Crippen molar-refractivity contribution in [2.45, 2.75) is 39.2 Å². The molecule has 0 saturated carbocycles. The topological polar surface area (TPSA) is 84.9 Å². The van der Waals surface area contributed by atoms with Crippen LogP contribution in [0.3, 0.4) is 0 Å². The highest BCUT2D eigenvalue weighted by molar-refractivity contribution is 6.02. The number of hydrogen-bond donors (Lipinski definition) is 1. The van der Waals surface area contributed by atoms with Crippen LogP contribution in [-0.4, -0.2) is 43.4 Å². The summed E-state index contributed by atoms with van der Waals surface area (Å²) in [6.45, 7) is 5.08. The van der Waals surface area contributed by atoms with Crippen LogP contribution in [0, 0.1) is 0 Å². The minimum Gasteiger partial charge on any atom is -0.494 e. The number of nitrogens with zero attached hydrogens (tertiary/aromatic N) is 1. The first-order chi connectivity index (χ1) is 15.0. The third kappa shape index (κ3) is 5.63. The van der Waals surface area contributed by atoms with Gasteiger partial charge in [0.05, 0.1) is 18.8 Å². The number of anilines is 1. The molecule has 1 aliphatic rings. The predicted octanol–water partition coefficient (Wildman–Crippen LogP) is 3.37. The maximum atomic E-state index is 13.0. The summed E-state index contributed by atoms with van der Waals surface area (Å²) in [4.78, 5) is 39.5. The standard InChI is InChI=1S/C24H28N2O5/c1-3-15-25-24(29)22-16-26(19-7-5-6-8-21(19)31-22)23(28)14-13-20(27)17-9-11-18(12-10-17)30-4-2/h5-12,22H,3-4,13-16H2,1-2H3,(H,25,29)/t22-/m0/s1. The van der Waals surface area contributed by atoms with Crippen molar-refractivity contribution >= 4 is 23.3 Å². The van der Waals surface area contributed by atoms with E-state index in [-0.39, 0.29) is 37.0 Å². The number of nitrogens with one attached hydrogen (secondary N) is 1. The van der Waals surface area contributed by atoms with Gasteiger partial charge in [0.2, 0.25) is 5.91 Å². The molecule has 0 spiro atoms. The highest BCUT2D eigenvalue weighted by Crippen LogP contribution is 2.33. The zero-order chi connectivity index (χ0) is 22.2. The molecule has 7 nitrogen and oxygen atoms in total. The van der Waals surface area contributed by atoms with Gasteiger partial charge >= 0.3 is 0 Å². The Bertz CT molecular complexity index is 926. The first kappa shape index (κ1) is 22.3. The smallest absolute Gasteiger partial charge is 0.262 e. The lowest BCUT2D eigenvalue weighted by Crippen LogP contribution is -2.50. The van der Waals surface area contributed by atoms with Crippen molar-refractivity contribution in [3.63, 3.8) is 0 Å². The van der Waals surface area contributed by atoms with Gasteiger partial charge in [0.25, 0.3) is 5.91 Å². The van der Waals surface area contributed by atoms with Gasteiger partial charge in [0, 0.05) is 24.9 Å². The summed E-state index contributed by atoms with van der Waals surface area (Å²) < 4.78 is 11.2. The molecule has 0 aliphatic carbocycles. The summed E-state index contributed by atoms with van der Waals surface area (Å²) in [7, 11) is 0. The summed E-state index contributed by atoms with van der Waals surface area (Å²) in [5.74, 6) is 0.599. The second-order valence-corrected chi connectivity index (χ2v) is 7.25. The number of hydrogen-bond acceptors (Lipinski definition) is 5. The lowest BCUT2D eigenvalue weighted by molar-refractivity contribution is -0.128. The van der Waals surface area contributed by atoms with Gasteiger partial charge in [-0.1, -0.05) is 19.1 Å². The molecule has 1 aliphatic heterocycles. The van der Waals surface area contributed by atoms with E-state index in [2.05, 4.69) is 5.32 Å². The van der Waals surface area contributed by atoms with E-state index in [0.29, 0.717) is 35.9 Å². The van der Waals surface area contributed by atoms with Gasteiger partial charge in [-0.05, 0) is 49.7 Å². The fourth-order valence-electron chi connectivity index (χ4n) is 3.37. The average molecular weight is 424 g/mol. The van der Waals surface area contributed by atoms with E-state index in [0.717, 1.165) is 6.42 Å².